The van der Waals surface area contributed by atoms with Gasteiger partial charge in [-0.1, -0.05) is 6.08 Å². The summed E-state index contributed by atoms with van der Waals surface area (Å²) in [6.07, 6.45) is 6.94. The normalized spacial score (nSPS) is 24.0. The lowest BCUT2D eigenvalue weighted by molar-refractivity contribution is -0.112. The van der Waals surface area contributed by atoms with Crippen LogP contribution >= 0.6 is 0 Å². The first-order valence-corrected chi connectivity index (χ1v) is 6.50. The monoisotopic (exact) mass is 264 g/mol. The zero-order chi connectivity index (χ0) is 14.0. The summed E-state index contributed by atoms with van der Waals surface area (Å²) in [6, 6.07) is 0. The van der Waals surface area contributed by atoms with Crippen molar-refractivity contribution >= 4 is 11.9 Å². The number of carboxylic acid groups (broad SMARTS) is 1. The maximum atomic E-state index is 11.8. The van der Waals surface area contributed by atoms with E-state index in [-0.39, 0.29) is 11.2 Å². The van der Waals surface area contributed by atoms with Crippen molar-refractivity contribution in [2.75, 3.05) is 27.2 Å². The van der Waals surface area contributed by atoms with Gasteiger partial charge in [-0.15, -0.1) is 0 Å². The molecule has 1 aliphatic carbocycles. The van der Waals surface area contributed by atoms with Gasteiger partial charge in [0.25, 0.3) is 0 Å². The molecule has 1 spiro atoms. The molecule has 1 heterocycles. The summed E-state index contributed by atoms with van der Waals surface area (Å²) in [5, 5.41) is 8.97. The summed E-state index contributed by atoms with van der Waals surface area (Å²) >= 11 is 0. The average molecular weight is 264 g/mol. The second-order valence-electron chi connectivity index (χ2n) is 5.62. The molecule has 104 valence electrons. The van der Waals surface area contributed by atoms with E-state index in [2.05, 4.69) is 0 Å². The summed E-state index contributed by atoms with van der Waals surface area (Å²) in [5.41, 5.74) is 0.776. The summed E-state index contributed by atoms with van der Waals surface area (Å²) in [7, 11) is 3.80. The molecule has 2 aliphatic rings. The number of hydrogen-bond acceptors (Lipinski definition) is 3. The number of rotatable bonds is 1. The number of nitrogens with zero attached hydrogens (tertiary/aromatic N) is 2. The molecule has 2 rings (SSSR count). The zero-order valence-electron chi connectivity index (χ0n) is 11.4. The quantitative estimate of drug-likeness (QED) is 0.733. The molecular formula is C14H20N2O3. The van der Waals surface area contributed by atoms with Gasteiger partial charge in [-0.2, -0.15) is 0 Å². The van der Waals surface area contributed by atoms with E-state index in [9.17, 15) is 9.59 Å². The Bertz CT molecular complexity index is 444. The van der Waals surface area contributed by atoms with Gasteiger partial charge < -0.3 is 14.9 Å². The third-order valence-electron chi connectivity index (χ3n) is 3.89. The van der Waals surface area contributed by atoms with E-state index in [0.29, 0.717) is 19.5 Å². The van der Waals surface area contributed by atoms with Crippen molar-refractivity contribution < 1.29 is 14.7 Å². The van der Waals surface area contributed by atoms with Gasteiger partial charge in [-0.3, -0.25) is 4.79 Å². The topological polar surface area (TPSA) is 60.9 Å². The number of carbonyl (C=O) groups excluding carboxylic acids is 1. The van der Waals surface area contributed by atoms with Crippen LogP contribution in [-0.4, -0.2) is 54.0 Å². The van der Waals surface area contributed by atoms with E-state index in [1.807, 2.05) is 31.3 Å². The summed E-state index contributed by atoms with van der Waals surface area (Å²) in [4.78, 5) is 26.1. The van der Waals surface area contributed by atoms with Crippen molar-refractivity contribution in [1.29, 1.82) is 0 Å². The fourth-order valence-electron chi connectivity index (χ4n) is 2.79. The number of allylic oxidation sites excluding steroid dienone is 3. The van der Waals surface area contributed by atoms with E-state index in [0.717, 1.165) is 18.4 Å². The number of hydrogen-bond donors (Lipinski definition) is 1. The first-order valence-electron chi connectivity index (χ1n) is 6.50. The van der Waals surface area contributed by atoms with Crippen molar-refractivity contribution in [3.8, 4) is 0 Å². The molecule has 0 saturated carbocycles. The predicted octanol–water partition coefficient (Wildman–Crippen LogP) is 1.72. The second-order valence-corrected chi connectivity index (χ2v) is 5.62. The number of amides is 1. The largest absolute Gasteiger partial charge is 0.465 e. The fourth-order valence-corrected chi connectivity index (χ4v) is 2.79. The fraction of sp³-hybridized carbons (Fsp3) is 0.571. The minimum atomic E-state index is -0.852. The number of likely N-dealkylation sites (tertiary alicyclic amines) is 1. The van der Waals surface area contributed by atoms with Gasteiger partial charge in [0.05, 0.1) is 0 Å². The van der Waals surface area contributed by atoms with E-state index < -0.39 is 6.09 Å². The van der Waals surface area contributed by atoms with Crippen LogP contribution in [0.3, 0.4) is 0 Å². The van der Waals surface area contributed by atoms with Crippen LogP contribution in [0.25, 0.3) is 0 Å². The van der Waals surface area contributed by atoms with Crippen LogP contribution in [0.15, 0.2) is 23.9 Å². The molecule has 0 atom stereocenters. The van der Waals surface area contributed by atoms with Crippen LogP contribution in [0.1, 0.15) is 19.3 Å². The molecule has 0 unspecified atom stereocenters. The number of piperidine rings is 1. The van der Waals surface area contributed by atoms with Crippen LogP contribution in [0.2, 0.25) is 0 Å². The summed E-state index contributed by atoms with van der Waals surface area (Å²) in [6.45, 7) is 1.09. The zero-order valence-corrected chi connectivity index (χ0v) is 11.4. The van der Waals surface area contributed by atoms with Gasteiger partial charge in [0.1, 0.15) is 0 Å². The molecule has 1 saturated heterocycles. The molecule has 1 N–H and O–H groups in total. The molecule has 0 aromatic rings. The van der Waals surface area contributed by atoms with Crippen molar-refractivity contribution in [2.45, 2.75) is 19.3 Å². The van der Waals surface area contributed by atoms with Crippen LogP contribution in [0.5, 0.6) is 0 Å². The Morgan fingerprint density at radius 3 is 2.58 bits per heavy atom. The third-order valence-corrected chi connectivity index (χ3v) is 3.89. The second kappa shape index (κ2) is 5.07. The Kier molecular flexibility index (Phi) is 3.64. The Labute approximate surface area is 113 Å². The van der Waals surface area contributed by atoms with Crippen molar-refractivity contribution in [3.05, 3.63) is 23.9 Å². The van der Waals surface area contributed by atoms with E-state index in [1.54, 1.807) is 6.08 Å². The first-order chi connectivity index (χ1) is 8.92. The first kappa shape index (κ1) is 13.6. The molecule has 5 nitrogen and oxygen atoms in total. The van der Waals surface area contributed by atoms with Gasteiger partial charge in [-0.05, 0) is 30.8 Å². The molecule has 0 aromatic heterocycles. The van der Waals surface area contributed by atoms with Crippen LogP contribution in [0.4, 0.5) is 4.79 Å². The third kappa shape index (κ3) is 2.97. The van der Waals surface area contributed by atoms with Gasteiger partial charge in [0.2, 0.25) is 0 Å². The SMILES string of the molecule is CN(C)/C=C1/CC2(C=CC1=O)CCN(C(=O)O)CC2. The maximum absolute atomic E-state index is 11.8. The molecule has 0 bridgehead atoms. The smallest absolute Gasteiger partial charge is 0.407 e. The summed E-state index contributed by atoms with van der Waals surface area (Å²) < 4.78 is 0. The van der Waals surface area contributed by atoms with Crippen LogP contribution < -0.4 is 0 Å². The molecule has 1 fully saturated rings. The summed E-state index contributed by atoms with van der Waals surface area (Å²) in [5.74, 6) is 0.0694. The van der Waals surface area contributed by atoms with Crippen molar-refractivity contribution in [3.63, 3.8) is 0 Å². The molecule has 19 heavy (non-hydrogen) atoms. The molecule has 1 amide bonds. The Hall–Kier alpha value is -1.78. The standard InChI is InChI=1S/C14H20N2O3/c1-15(2)10-11-9-14(4-3-12(11)17)5-7-16(8-6-14)13(18)19/h3-4,10H,5-9H2,1-2H3,(H,18,19)/b11-10-. The highest BCUT2D eigenvalue weighted by atomic mass is 16.4. The highest BCUT2D eigenvalue weighted by Gasteiger charge is 2.37. The molecule has 0 aromatic carbocycles. The van der Waals surface area contributed by atoms with Gasteiger partial charge >= 0.3 is 6.09 Å². The molecule has 1 aliphatic heterocycles. The van der Waals surface area contributed by atoms with Gasteiger partial charge in [0.15, 0.2) is 5.78 Å². The minimum absolute atomic E-state index is 0.0400. The lowest BCUT2D eigenvalue weighted by atomic mass is 9.70. The predicted molar refractivity (Wildman–Crippen MR) is 71.8 cm³/mol. The average Bonchev–Trinajstić information content (AvgIpc) is 2.34. The maximum Gasteiger partial charge on any atom is 0.407 e. The number of carbonyl (C=O) groups is 2. The van der Waals surface area contributed by atoms with Crippen molar-refractivity contribution in [1.82, 2.24) is 9.80 Å². The Morgan fingerprint density at radius 2 is 2.05 bits per heavy atom. The Morgan fingerprint density at radius 1 is 1.42 bits per heavy atom. The van der Waals surface area contributed by atoms with Crippen LogP contribution in [-0.2, 0) is 4.79 Å². The molecule has 5 heteroatoms. The van der Waals surface area contributed by atoms with E-state index in [4.69, 9.17) is 5.11 Å². The molecular weight excluding hydrogens is 244 g/mol. The van der Waals surface area contributed by atoms with E-state index in [1.165, 1.54) is 4.90 Å². The highest BCUT2D eigenvalue weighted by molar-refractivity contribution is 6.05. The van der Waals surface area contributed by atoms with Crippen LogP contribution in [0, 0.1) is 5.41 Å². The molecule has 0 radical (unpaired) electrons. The van der Waals surface area contributed by atoms with Crippen molar-refractivity contribution in [2.24, 2.45) is 5.41 Å². The highest BCUT2D eigenvalue weighted by Crippen LogP contribution is 2.41. The number of ketones is 1. The lowest BCUT2D eigenvalue weighted by Crippen LogP contribution is -2.43. The van der Waals surface area contributed by atoms with Gasteiger partial charge in [0, 0.05) is 39.0 Å². The van der Waals surface area contributed by atoms with E-state index >= 15 is 0 Å². The lowest BCUT2D eigenvalue weighted by Gasteiger charge is -2.41. The Balaban J connectivity index is 2.12. The van der Waals surface area contributed by atoms with Gasteiger partial charge in [-0.25, -0.2) is 4.79 Å². The minimum Gasteiger partial charge on any atom is -0.465 e.